The number of rotatable bonds is 14. The van der Waals surface area contributed by atoms with Gasteiger partial charge in [-0.05, 0) is 62.7 Å². The number of guanidine groups is 1. The van der Waals surface area contributed by atoms with Crippen molar-refractivity contribution in [2.24, 2.45) is 0 Å². The minimum absolute atomic E-state index is 0.0477. The highest BCUT2D eigenvalue weighted by atomic mass is 31.2. The molecule has 0 aliphatic rings. The lowest BCUT2D eigenvalue weighted by Crippen LogP contribution is -2.41. The van der Waals surface area contributed by atoms with Gasteiger partial charge in [-0.25, -0.2) is 9.88 Å². The molecule has 2 aromatic rings. The van der Waals surface area contributed by atoms with E-state index in [0.717, 1.165) is 0 Å². The van der Waals surface area contributed by atoms with Crippen LogP contribution in [0.1, 0.15) is 36.7 Å². The van der Waals surface area contributed by atoms with Gasteiger partial charge in [0.25, 0.3) is 13.4 Å². The summed E-state index contributed by atoms with van der Waals surface area (Å²) in [5.74, 6) is -2.19. The molecule has 1 unspecified atom stereocenters. The Bertz CT molecular complexity index is 1330. The number of carbonyl (C=O) groups is 4. The third kappa shape index (κ3) is 12.2. The fourth-order valence-electron chi connectivity index (χ4n) is 3.36. The van der Waals surface area contributed by atoms with Crippen molar-refractivity contribution >= 4 is 42.9 Å². The first kappa shape index (κ1) is 34.9. The molecule has 0 radical (unpaired) electrons. The molecule has 0 fully saturated rings. The van der Waals surface area contributed by atoms with E-state index in [-0.39, 0.29) is 48.7 Å². The Kier molecular flexibility index (Phi) is 13.3. The molecule has 1 amide bonds. The van der Waals surface area contributed by atoms with Gasteiger partial charge in [0.1, 0.15) is 18.1 Å². The molecule has 0 saturated carbocycles. The normalized spacial score (nSPS) is 12.8. The van der Waals surface area contributed by atoms with Crippen molar-refractivity contribution in [1.29, 1.82) is 5.41 Å². The number of esters is 3. The molecule has 2 rings (SSSR count). The number of anilines is 1. The number of hydrogen-bond donors (Lipinski definition) is 4. The highest BCUT2D eigenvalue weighted by Crippen LogP contribution is 2.36. The lowest BCUT2D eigenvalue weighted by Gasteiger charge is -2.25. The molecular weight excluding hydrogens is 581 g/mol. The molecule has 2 atom stereocenters. The number of hydrogen-bond acceptors (Lipinski definition) is 10. The van der Waals surface area contributed by atoms with Crippen molar-refractivity contribution in [3.63, 3.8) is 0 Å². The summed E-state index contributed by atoms with van der Waals surface area (Å²) in [5, 5.41) is 16.1. The molecular formula is C28H38N5O9P. The Morgan fingerprint density at radius 2 is 1.60 bits per heavy atom. The van der Waals surface area contributed by atoms with Crippen molar-refractivity contribution in [2.75, 3.05) is 39.5 Å². The van der Waals surface area contributed by atoms with Crippen molar-refractivity contribution < 1.29 is 42.7 Å². The van der Waals surface area contributed by atoms with Gasteiger partial charge < -0.3 is 29.2 Å². The molecule has 0 aliphatic heterocycles. The van der Waals surface area contributed by atoms with Crippen LogP contribution in [0.15, 0.2) is 48.5 Å². The zero-order chi connectivity index (χ0) is 32.2. The summed E-state index contributed by atoms with van der Waals surface area (Å²) in [6.45, 7) is 4.55. The van der Waals surface area contributed by atoms with E-state index in [0.29, 0.717) is 11.3 Å². The standard InChI is InChI=1S/C28H38N5O9P/c1-18(2)41-26(36)19(3)31-43(38,17-39-6)32-28(29)30-22-11-9-21(10-12-22)27(37)42-23-13-7-20(8-14-23)15-25(35)40-16-24(34)33(4)5/h7-14,18-19H,15-17H2,1-6H3,(H4,29,30,31,32,38)/t19-,43?/m0/s1. The van der Waals surface area contributed by atoms with Crippen LogP contribution in [0.2, 0.25) is 0 Å². The van der Waals surface area contributed by atoms with Crippen LogP contribution < -0.4 is 20.2 Å². The monoisotopic (exact) mass is 619 g/mol. The van der Waals surface area contributed by atoms with Gasteiger partial charge in [-0.15, -0.1) is 0 Å². The van der Waals surface area contributed by atoms with Crippen LogP contribution in [-0.2, 0) is 39.6 Å². The second kappa shape index (κ2) is 16.4. The lowest BCUT2D eigenvalue weighted by atomic mass is 10.1. The molecule has 0 saturated heterocycles. The number of nitrogens with zero attached hydrogens (tertiary/aromatic N) is 1. The van der Waals surface area contributed by atoms with Gasteiger partial charge in [-0.2, -0.15) is 0 Å². The van der Waals surface area contributed by atoms with Gasteiger partial charge in [0.05, 0.1) is 18.1 Å². The maximum Gasteiger partial charge on any atom is 0.343 e. The Morgan fingerprint density at radius 3 is 2.16 bits per heavy atom. The second-order valence-electron chi connectivity index (χ2n) is 9.84. The minimum Gasteiger partial charge on any atom is -0.462 e. The highest BCUT2D eigenvalue weighted by Gasteiger charge is 2.29. The molecule has 0 aromatic heterocycles. The number of benzene rings is 2. The third-order valence-corrected chi connectivity index (χ3v) is 7.45. The van der Waals surface area contributed by atoms with E-state index in [1.54, 1.807) is 40.1 Å². The first-order chi connectivity index (χ1) is 20.2. The number of ether oxygens (including phenoxy) is 4. The maximum atomic E-state index is 13.2. The number of carbonyl (C=O) groups excluding carboxylic acids is 4. The zero-order valence-corrected chi connectivity index (χ0v) is 25.9. The van der Waals surface area contributed by atoms with E-state index in [9.17, 15) is 23.7 Å². The first-order valence-corrected chi connectivity index (χ1v) is 15.1. The lowest BCUT2D eigenvalue weighted by molar-refractivity contribution is -0.150. The predicted molar refractivity (Wildman–Crippen MR) is 159 cm³/mol. The summed E-state index contributed by atoms with van der Waals surface area (Å²) in [6, 6.07) is 11.4. The van der Waals surface area contributed by atoms with Gasteiger partial charge in [-0.3, -0.25) is 29.4 Å². The van der Waals surface area contributed by atoms with E-state index in [1.165, 1.54) is 55.3 Å². The third-order valence-electron chi connectivity index (χ3n) is 5.44. The van der Waals surface area contributed by atoms with Crippen LogP contribution in [0.4, 0.5) is 5.69 Å². The summed E-state index contributed by atoms with van der Waals surface area (Å²) < 4.78 is 33.7. The number of amides is 1. The van der Waals surface area contributed by atoms with Gasteiger partial charge in [0, 0.05) is 26.9 Å². The fourth-order valence-corrected chi connectivity index (χ4v) is 5.07. The highest BCUT2D eigenvalue weighted by molar-refractivity contribution is 7.60. The summed E-state index contributed by atoms with van der Waals surface area (Å²) in [7, 11) is 0.885. The predicted octanol–water partition coefficient (Wildman–Crippen LogP) is 2.74. The molecule has 0 spiro atoms. The number of nitrogens with one attached hydrogen (secondary N) is 4. The fraction of sp³-hybridized carbons (Fsp3) is 0.393. The van der Waals surface area contributed by atoms with Crippen molar-refractivity contribution in [3.8, 4) is 5.75 Å². The quantitative estimate of drug-likeness (QED) is 0.0798. The average molecular weight is 620 g/mol. The van der Waals surface area contributed by atoms with Crippen LogP contribution in [0.5, 0.6) is 5.75 Å². The van der Waals surface area contributed by atoms with E-state index >= 15 is 0 Å². The van der Waals surface area contributed by atoms with Crippen LogP contribution in [0, 0.1) is 5.41 Å². The Balaban J connectivity index is 1.91. The largest absolute Gasteiger partial charge is 0.462 e. The molecule has 0 bridgehead atoms. The Labute approximate surface area is 250 Å². The molecule has 15 heteroatoms. The molecule has 234 valence electrons. The van der Waals surface area contributed by atoms with E-state index in [1.807, 2.05) is 0 Å². The van der Waals surface area contributed by atoms with Crippen LogP contribution in [-0.4, -0.2) is 81.0 Å². The maximum absolute atomic E-state index is 13.2. The molecule has 4 N–H and O–H groups in total. The molecule has 2 aromatic carbocycles. The van der Waals surface area contributed by atoms with Gasteiger partial charge in [-0.1, -0.05) is 12.1 Å². The van der Waals surface area contributed by atoms with Crippen molar-refractivity contribution in [1.82, 2.24) is 15.1 Å². The molecule has 0 aliphatic carbocycles. The summed E-state index contributed by atoms with van der Waals surface area (Å²) in [4.78, 5) is 49.5. The SMILES string of the molecule is COCP(=O)(NC(=N)Nc1ccc(C(=O)Oc2ccc(CC(=O)OCC(=O)N(C)C)cc2)cc1)N[C@@H](C)C(=O)OC(C)C. The topological polar surface area (TPSA) is 185 Å². The molecule has 14 nitrogen and oxygen atoms in total. The van der Waals surface area contributed by atoms with Crippen LogP contribution >= 0.6 is 7.44 Å². The van der Waals surface area contributed by atoms with Crippen LogP contribution in [0.25, 0.3) is 0 Å². The zero-order valence-electron chi connectivity index (χ0n) is 25.0. The van der Waals surface area contributed by atoms with Gasteiger partial charge in [0.15, 0.2) is 12.6 Å². The summed E-state index contributed by atoms with van der Waals surface area (Å²) in [6.07, 6.45) is -0.694. The summed E-state index contributed by atoms with van der Waals surface area (Å²) >= 11 is 0. The average Bonchev–Trinajstić information content (AvgIpc) is 2.92. The summed E-state index contributed by atoms with van der Waals surface area (Å²) in [5.41, 5.74) is 1.25. The van der Waals surface area contributed by atoms with Gasteiger partial charge in [0.2, 0.25) is 0 Å². The smallest absolute Gasteiger partial charge is 0.343 e. The number of likely N-dealkylation sites (N-methyl/N-ethyl adjacent to an activating group) is 1. The van der Waals surface area contributed by atoms with E-state index in [2.05, 4.69) is 15.5 Å². The molecule has 43 heavy (non-hydrogen) atoms. The van der Waals surface area contributed by atoms with Crippen molar-refractivity contribution in [3.05, 3.63) is 59.7 Å². The van der Waals surface area contributed by atoms with E-state index < -0.39 is 31.4 Å². The first-order valence-electron chi connectivity index (χ1n) is 13.2. The molecule has 0 heterocycles. The van der Waals surface area contributed by atoms with E-state index in [4.69, 9.17) is 24.4 Å². The van der Waals surface area contributed by atoms with Gasteiger partial charge >= 0.3 is 17.9 Å². The van der Waals surface area contributed by atoms with Crippen LogP contribution in [0.3, 0.4) is 0 Å². The Morgan fingerprint density at radius 1 is 0.977 bits per heavy atom. The minimum atomic E-state index is -3.58. The number of methoxy groups -OCH3 is 1. The Hall–Kier alpha value is -4.26. The second-order valence-corrected chi connectivity index (χ2v) is 12.1. The van der Waals surface area contributed by atoms with Crippen molar-refractivity contribution in [2.45, 2.75) is 39.3 Å².